The molecule has 1 amide bonds. The Kier molecular flexibility index (Phi) is 4.80. The van der Waals surface area contributed by atoms with E-state index in [1.807, 2.05) is 0 Å². The van der Waals surface area contributed by atoms with Crippen LogP contribution >= 0.6 is 11.6 Å². The molecule has 1 aromatic rings. The second-order valence-electron chi connectivity index (χ2n) is 4.89. The van der Waals surface area contributed by atoms with Crippen LogP contribution in [0.15, 0.2) is 18.2 Å². The molecule has 0 radical (unpaired) electrons. The molecule has 0 aromatic heterocycles. The van der Waals surface area contributed by atoms with Crippen LogP contribution in [0.25, 0.3) is 0 Å². The van der Waals surface area contributed by atoms with Crippen LogP contribution in [0.3, 0.4) is 0 Å². The summed E-state index contributed by atoms with van der Waals surface area (Å²) in [5.74, 6) is -2.54. The number of nitrogens with one attached hydrogen (secondary N) is 1. The predicted molar refractivity (Wildman–Crippen MR) is 73.7 cm³/mol. The monoisotopic (exact) mass is 315 g/mol. The molecule has 3 unspecified atom stereocenters. The average Bonchev–Trinajstić information content (AvgIpc) is 3.19. The summed E-state index contributed by atoms with van der Waals surface area (Å²) < 4.78 is 18.5. The number of hydrogen-bond acceptors (Lipinski definition) is 3. The molecule has 0 bridgehead atoms. The normalized spacial score (nSPS) is 21.7. The van der Waals surface area contributed by atoms with E-state index in [1.165, 1.54) is 19.2 Å². The van der Waals surface area contributed by atoms with Gasteiger partial charge < -0.3 is 15.2 Å². The van der Waals surface area contributed by atoms with Crippen molar-refractivity contribution in [1.29, 1.82) is 0 Å². The number of carboxylic acid groups (broad SMARTS) is 1. The van der Waals surface area contributed by atoms with E-state index in [1.54, 1.807) is 6.07 Å². The zero-order valence-corrected chi connectivity index (χ0v) is 12.1. The van der Waals surface area contributed by atoms with Gasteiger partial charge >= 0.3 is 5.97 Å². The van der Waals surface area contributed by atoms with E-state index >= 15 is 0 Å². The lowest BCUT2D eigenvalue weighted by molar-refractivity contribution is -0.148. The number of carboxylic acids is 1. The van der Waals surface area contributed by atoms with Crippen molar-refractivity contribution in [2.24, 2.45) is 5.92 Å². The number of ether oxygens (including phenoxy) is 1. The summed E-state index contributed by atoms with van der Waals surface area (Å²) >= 11 is 5.96. The Bertz CT molecular complexity index is 546. The average molecular weight is 316 g/mol. The van der Waals surface area contributed by atoms with Gasteiger partial charge in [0.05, 0.1) is 6.54 Å². The Hall–Kier alpha value is -1.66. The molecule has 1 aliphatic rings. The van der Waals surface area contributed by atoms with Crippen LogP contribution in [0.2, 0.25) is 5.02 Å². The molecule has 21 heavy (non-hydrogen) atoms. The highest BCUT2D eigenvalue weighted by Gasteiger charge is 2.46. The molecule has 7 heteroatoms. The Morgan fingerprint density at radius 1 is 1.57 bits per heavy atom. The molecule has 0 saturated heterocycles. The van der Waals surface area contributed by atoms with Gasteiger partial charge in [-0.3, -0.25) is 4.79 Å². The molecular weight excluding hydrogens is 301 g/mol. The molecule has 2 rings (SSSR count). The van der Waals surface area contributed by atoms with Gasteiger partial charge in [-0.05, 0) is 18.6 Å². The Morgan fingerprint density at radius 2 is 2.29 bits per heavy atom. The van der Waals surface area contributed by atoms with Crippen LogP contribution in [0.1, 0.15) is 17.9 Å². The number of halogens is 2. The maximum Gasteiger partial charge on any atom is 0.334 e. The number of hydrogen-bond donors (Lipinski definition) is 2. The maximum absolute atomic E-state index is 13.7. The van der Waals surface area contributed by atoms with Crippen LogP contribution in [0.4, 0.5) is 4.39 Å². The maximum atomic E-state index is 13.7. The molecule has 1 aliphatic carbocycles. The fourth-order valence-electron chi connectivity index (χ4n) is 2.26. The zero-order chi connectivity index (χ0) is 15.6. The highest BCUT2D eigenvalue weighted by molar-refractivity contribution is 6.31. The first-order chi connectivity index (χ1) is 9.95. The number of rotatable bonds is 6. The van der Waals surface area contributed by atoms with Gasteiger partial charge in [-0.2, -0.15) is 0 Å². The minimum Gasteiger partial charge on any atom is -0.479 e. The van der Waals surface area contributed by atoms with Crippen molar-refractivity contribution in [3.05, 3.63) is 34.6 Å². The molecule has 1 fully saturated rings. The fourth-order valence-corrected chi connectivity index (χ4v) is 2.57. The highest BCUT2D eigenvalue weighted by atomic mass is 35.5. The van der Waals surface area contributed by atoms with Gasteiger partial charge in [-0.25, -0.2) is 9.18 Å². The van der Waals surface area contributed by atoms with E-state index in [2.05, 4.69) is 5.32 Å². The minimum atomic E-state index is -1.15. The highest BCUT2D eigenvalue weighted by Crippen LogP contribution is 2.50. The van der Waals surface area contributed by atoms with E-state index in [9.17, 15) is 14.0 Å². The van der Waals surface area contributed by atoms with Crippen LogP contribution in [-0.4, -0.2) is 36.7 Å². The van der Waals surface area contributed by atoms with Crippen molar-refractivity contribution >= 4 is 23.5 Å². The van der Waals surface area contributed by atoms with Crippen LogP contribution in [0.5, 0.6) is 0 Å². The minimum absolute atomic E-state index is 0.126. The smallest absolute Gasteiger partial charge is 0.334 e. The third kappa shape index (κ3) is 3.51. The summed E-state index contributed by atoms with van der Waals surface area (Å²) in [6.07, 6.45) is -0.597. The molecular formula is C14H15ClFNO4. The lowest BCUT2D eigenvalue weighted by Crippen LogP contribution is -2.38. The topological polar surface area (TPSA) is 75.6 Å². The largest absolute Gasteiger partial charge is 0.479 e. The Labute approximate surface area is 126 Å². The number of amides is 1. The van der Waals surface area contributed by atoms with Crippen molar-refractivity contribution in [3.63, 3.8) is 0 Å². The van der Waals surface area contributed by atoms with Gasteiger partial charge in [0, 0.05) is 29.5 Å². The van der Waals surface area contributed by atoms with Crippen molar-refractivity contribution < 1.29 is 23.8 Å². The second kappa shape index (κ2) is 6.41. The van der Waals surface area contributed by atoms with Gasteiger partial charge in [0.1, 0.15) is 5.82 Å². The van der Waals surface area contributed by atoms with E-state index in [4.69, 9.17) is 21.4 Å². The summed E-state index contributed by atoms with van der Waals surface area (Å²) in [7, 11) is 1.25. The molecule has 0 heterocycles. The summed E-state index contributed by atoms with van der Waals surface area (Å²) in [6, 6.07) is 4.40. The molecule has 1 saturated carbocycles. The number of methoxy groups -OCH3 is 1. The first kappa shape index (κ1) is 15.7. The number of carbonyl (C=O) groups is 2. The standard InChI is InChI=1S/C14H15ClFNO4/c1-21-11(14(19)20)6-17-13(18)8-5-7(8)12-9(15)3-2-4-10(12)16/h2-4,7-8,11H,5-6H2,1H3,(H,17,18)(H,19,20). The fraction of sp³-hybridized carbons (Fsp3) is 0.429. The summed E-state index contributed by atoms with van der Waals surface area (Å²) in [5.41, 5.74) is 0.348. The van der Waals surface area contributed by atoms with Gasteiger partial charge in [0.25, 0.3) is 0 Å². The summed E-state index contributed by atoms with van der Waals surface area (Å²) in [6.45, 7) is -0.126. The van der Waals surface area contributed by atoms with Crippen molar-refractivity contribution in [3.8, 4) is 0 Å². The molecule has 5 nitrogen and oxygen atoms in total. The second-order valence-corrected chi connectivity index (χ2v) is 5.30. The summed E-state index contributed by atoms with van der Waals surface area (Å²) in [4.78, 5) is 22.7. The molecule has 0 spiro atoms. The molecule has 1 aromatic carbocycles. The Morgan fingerprint density at radius 3 is 2.86 bits per heavy atom. The molecule has 3 atom stereocenters. The van der Waals surface area contributed by atoms with Gasteiger partial charge in [0.15, 0.2) is 6.10 Å². The van der Waals surface area contributed by atoms with Crippen molar-refractivity contribution in [2.75, 3.05) is 13.7 Å². The number of carbonyl (C=O) groups excluding carboxylic acids is 1. The third-order valence-corrected chi connectivity index (χ3v) is 3.85. The Balaban J connectivity index is 1.94. The third-order valence-electron chi connectivity index (χ3n) is 3.52. The van der Waals surface area contributed by atoms with Crippen LogP contribution < -0.4 is 5.32 Å². The van der Waals surface area contributed by atoms with Crippen molar-refractivity contribution in [1.82, 2.24) is 5.32 Å². The summed E-state index contributed by atoms with van der Waals surface area (Å²) in [5, 5.41) is 11.6. The van der Waals surface area contributed by atoms with E-state index < -0.39 is 17.9 Å². The lowest BCUT2D eigenvalue weighted by atomic mass is 10.1. The molecule has 114 valence electrons. The van der Waals surface area contributed by atoms with E-state index in [0.717, 1.165) is 0 Å². The number of aliphatic carboxylic acids is 1. The van der Waals surface area contributed by atoms with E-state index in [0.29, 0.717) is 17.0 Å². The van der Waals surface area contributed by atoms with Gasteiger partial charge in [-0.15, -0.1) is 0 Å². The molecule has 0 aliphatic heterocycles. The SMILES string of the molecule is COC(CNC(=O)C1CC1c1c(F)cccc1Cl)C(=O)O. The van der Waals surface area contributed by atoms with Gasteiger partial charge in [0.2, 0.25) is 5.91 Å². The number of benzene rings is 1. The predicted octanol–water partition coefficient (Wildman–Crippen LogP) is 1.80. The van der Waals surface area contributed by atoms with Crippen molar-refractivity contribution in [2.45, 2.75) is 18.4 Å². The quantitative estimate of drug-likeness (QED) is 0.839. The first-order valence-electron chi connectivity index (χ1n) is 6.43. The lowest BCUT2D eigenvalue weighted by Gasteiger charge is -2.11. The van der Waals surface area contributed by atoms with E-state index in [-0.39, 0.29) is 24.3 Å². The van der Waals surface area contributed by atoms with Gasteiger partial charge in [-0.1, -0.05) is 17.7 Å². The zero-order valence-electron chi connectivity index (χ0n) is 11.3. The first-order valence-corrected chi connectivity index (χ1v) is 6.80. The van der Waals surface area contributed by atoms with Crippen LogP contribution in [0, 0.1) is 11.7 Å². The van der Waals surface area contributed by atoms with Crippen LogP contribution in [-0.2, 0) is 14.3 Å². The molecule has 2 N–H and O–H groups in total.